The summed E-state index contributed by atoms with van der Waals surface area (Å²) in [6.45, 7) is 0. The van der Waals surface area contributed by atoms with Gasteiger partial charge in [-0.25, -0.2) is 0 Å². The van der Waals surface area contributed by atoms with E-state index in [1.807, 2.05) is 0 Å². The summed E-state index contributed by atoms with van der Waals surface area (Å²) in [4.78, 5) is 12.5. The number of allylic oxidation sites excluding steroid dienone is 1. The summed E-state index contributed by atoms with van der Waals surface area (Å²) in [6, 6.07) is 10.3. The summed E-state index contributed by atoms with van der Waals surface area (Å²) >= 11 is 0. The van der Waals surface area contributed by atoms with Crippen molar-refractivity contribution in [2.24, 2.45) is 0 Å². The van der Waals surface area contributed by atoms with E-state index in [-0.39, 0.29) is 22.8 Å². The molecule has 0 fully saturated rings. The van der Waals surface area contributed by atoms with E-state index in [0.29, 0.717) is 29.5 Å². The average molecular weight is 334 g/mol. The van der Waals surface area contributed by atoms with Gasteiger partial charge in [0.25, 0.3) is 0 Å². The van der Waals surface area contributed by atoms with E-state index in [2.05, 4.69) is 4.74 Å². The van der Waals surface area contributed by atoms with Gasteiger partial charge in [-0.1, -0.05) is 30.3 Å². The number of aromatic hydroxyl groups is 1. The van der Waals surface area contributed by atoms with Crippen molar-refractivity contribution >= 4 is 11.9 Å². The fourth-order valence-electron chi connectivity index (χ4n) is 2.74. The largest absolute Gasteiger partial charge is 0.573 e. The molecule has 2 aromatic rings. The third kappa shape index (κ3) is 3.27. The Labute approximate surface area is 136 Å². The molecule has 1 aliphatic carbocycles. The first-order chi connectivity index (χ1) is 11.3. The van der Waals surface area contributed by atoms with E-state index in [9.17, 15) is 23.1 Å². The molecule has 0 bridgehead atoms. The third-order valence-corrected chi connectivity index (χ3v) is 3.81. The van der Waals surface area contributed by atoms with Crippen LogP contribution in [0.1, 0.15) is 27.9 Å². The van der Waals surface area contributed by atoms with Crippen LogP contribution < -0.4 is 4.74 Å². The number of hydrogen-bond acceptors (Lipinski definition) is 3. The first-order valence-electron chi connectivity index (χ1n) is 7.26. The van der Waals surface area contributed by atoms with Gasteiger partial charge in [0.1, 0.15) is 11.5 Å². The van der Waals surface area contributed by atoms with E-state index in [1.165, 1.54) is 30.3 Å². The zero-order chi connectivity index (χ0) is 17.3. The standard InChI is InChI=1S/C18H13F3O3/c19-18(20,21)24-16-7-2-1-4-11(16)10-12-8-9-13-14(17(12)23)5-3-6-15(13)22/h1-7,10,22H,8-9H2/b12-10+. The molecule has 0 amide bonds. The minimum Gasteiger partial charge on any atom is -0.508 e. The van der Waals surface area contributed by atoms with Gasteiger partial charge in [0, 0.05) is 22.3 Å². The van der Waals surface area contributed by atoms with Crippen LogP contribution in [0.3, 0.4) is 0 Å². The Morgan fingerprint density at radius 3 is 2.54 bits per heavy atom. The van der Waals surface area contributed by atoms with E-state index in [1.54, 1.807) is 18.2 Å². The van der Waals surface area contributed by atoms with Gasteiger partial charge < -0.3 is 9.84 Å². The van der Waals surface area contributed by atoms with Crippen LogP contribution in [0.25, 0.3) is 6.08 Å². The van der Waals surface area contributed by atoms with E-state index >= 15 is 0 Å². The fourth-order valence-corrected chi connectivity index (χ4v) is 2.74. The molecule has 0 saturated carbocycles. The Hall–Kier alpha value is -2.76. The SMILES string of the molecule is O=C1/C(=C/c2ccccc2OC(F)(F)F)CCc2c(O)cccc21. The summed E-state index contributed by atoms with van der Waals surface area (Å²) in [6.07, 6.45) is -2.61. The number of ether oxygens (including phenoxy) is 1. The highest BCUT2D eigenvalue weighted by Crippen LogP contribution is 2.34. The lowest BCUT2D eigenvalue weighted by Crippen LogP contribution is -2.18. The van der Waals surface area contributed by atoms with Crippen LogP contribution in [0, 0.1) is 0 Å². The maximum atomic E-state index is 12.5. The molecule has 0 aliphatic heterocycles. The highest BCUT2D eigenvalue weighted by Gasteiger charge is 2.32. The maximum absolute atomic E-state index is 12.5. The zero-order valence-electron chi connectivity index (χ0n) is 12.4. The molecule has 6 heteroatoms. The predicted molar refractivity (Wildman–Crippen MR) is 81.9 cm³/mol. The molecule has 124 valence electrons. The van der Waals surface area contributed by atoms with Crippen LogP contribution >= 0.6 is 0 Å². The van der Waals surface area contributed by atoms with Crippen LogP contribution in [-0.2, 0) is 6.42 Å². The van der Waals surface area contributed by atoms with Gasteiger partial charge in [-0.05, 0) is 31.1 Å². The van der Waals surface area contributed by atoms with Crippen LogP contribution in [0.2, 0.25) is 0 Å². The lowest BCUT2D eigenvalue weighted by molar-refractivity contribution is -0.274. The molecule has 3 nitrogen and oxygen atoms in total. The van der Waals surface area contributed by atoms with Gasteiger partial charge >= 0.3 is 6.36 Å². The van der Waals surface area contributed by atoms with Crippen LogP contribution in [0.15, 0.2) is 48.0 Å². The number of para-hydroxylation sites is 1. The van der Waals surface area contributed by atoms with E-state index in [4.69, 9.17) is 0 Å². The molecule has 0 heterocycles. The average Bonchev–Trinajstić information content (AvgIpc) is 2.51. The first-order valence-corrected chi connectivity index (χ1v) is 7.26. The van der Waals surface area contributed by atoms with E-state index < -0.39 is 6.36 Å². The molecule has 2 aromatic carbocycles. The van der Waals surface area contributed by atoms with Crippen LogP contribution in [-0.4, -0.2) is 17.3 Å². The molecular formula is C18H13F3O3. The Kier molecular flexibility index (Phi) is 4.05. The smallest absolute Gasteiger partial charge is 0.508 e. The number of phenols is 1. The number of halogens is 3. The minimum absolute atomic E-state index is 0.0562. The molecule has 1 N–H and O–H groups in total. The summed E-state index contributed by atoms with van der Waals surface area (Å²) in [5, 5.41) is 9.81. The molecule has 1 aliphatic rings. The van der Waals surface area contributed by atoms with Gasteiger partial charge in [0.15, 0.2) is 5.78 Å². The number of fused-ring (bicyclic) bond motifs is 1. The van der Waals surface area contributed by atoms with Gasteiger partial charge in [-0.3, -0.25) is 4.79 Å². The highest BCUT2D eigenvalue weighted by atomic mass is 19.4. The molecule has 0 unspecified atom stereocenters. The minimum atomic E-state index is -4.80. The molecule has 0 saturated heterocycles. The molecule has 0 radical (unpaired) electrons. The van der Waals surface area contributed by atoms with Crippen molar-refractivity contribution in [3.05, 3.63) is 64.7 Å². The number of benzene rings is 2. The van der Waals surface area contributed by atoms with Crippen molar-refractivity contribution in [3.8, 4) is 11.5 Å². The monoisotopic (exact) mass is 334 g/mol. The van der Waals surface area contributed by atoms with Crippen molar-refractivity contribution < 1.29 is 27.8 Å². The first kappa shape index (κ1) is 16.1. The van der Waals surface area contributed by atoms with Gasteiger partial charge in [-0.15, -0.1) is 13.2 Å². The molecule has 0 aromatic heterocycles. The number of ketones is 1. The number of carbonyl (C=O) groups is 1. The highest BCUT2D eigenvalue weighted by molar-refractivity contribution is 6.13. The number of phenolic OH excluding ortho intramolecular Hbond substituents is 1. The number of carbonyl (C=O) groups excluding carboxylic acids is 1. The Morgan fingerprint density at radius 1 is 1.04 bits per heavy atom. The Morgan fingerprint density at radius 2 is 1.79 bits per heavy atom. The van der Waals surface area contributed by atoms with Crippen molar-refractivity contribution in [2.75, 3.05) is 0 Å². The lowest BCUT2D eigenvalue weighted by Gasteiger charge is -2.19. The molecular weight excluding hydrogens is 321 g/mol. The molecule has 0 atom stereocenters. The number of hydrogen-bond donors (Lipinski definition) is 1. The second kappa shape index (κ2) is 6.03. The quantitative estimate of drug-likeness (QED) is 0.823. The number of Topliss-reactive ketones (excluding diaryl/α,β-unsaturated/α-hetero) is 1. The lowest BCUT2D eigenvalue weighted by atomic mass is 9.85. The molecule has 0 spiro atoms. The second-order valence-corrected chi connectivity index (χ2v) is 5.39. The Bertz CT molecular complexity index is 822. The summed E-state index contributed by atoms with van der Waals surface area (Å²) in [5.41, 5.74) is 1.51. The zero-order valence-corrected chi connectivity index (χ0v) is 12.4. The predicted octanol–water partition coefficient (Wildman–Crippen LogP) is 4.50. The Balaban J connectivity index is 1.98. The van der Waals surface area contributed by atoms with Gasteiger partial charge in [0.2, 0.25) is 0 Å². The van der Waals surface area contributed by atoms with Gasteiger partial charge in [-0.2, -0.15) is 0 Å². The van der Waals surface area contributed by atoms with Crippen molar-refractivity contribution in [1.82, 2.24) is 0 Å². The summed E-state index contributed by atoms with van der Waals surface area (Å²) < 4.78 is 41.4. The topological polar surface area (TPSA) is 46.5 Å². The van der Waals surface area contributed by atoms with Crippen molar-refractivity contribution in [3.63, 3.8) is 0 Å². The second-order valence-electron chi connectivity index (χ2n) is 5.39. The summed E-state index contributed by atoms with van der Waals surface area (Å²) in [5.74, 6) is -0.596. The number of alkyl halides is 3. The summed E-state index contributed by atoms with van der Waals surface area (Å²) in [7, 11) is 0. The maximum Gasteiger partial charge on any atom is 0.573 e. The fraction of sp³-hybridized carbons (Fsp3) is 0.167. The third-order valence-electron chi connectivity index (χ3n) is 3.81. The van der Waals surface area contributed by atoms with Crippen molar-refractivity contribution in [2.45, 2.75) is 19.2 Å². The van der Waals surface area contributed by atoms with Crippen molar-refractivity contribution in [1.29, 1.82) is 0 Å². The molecule has 24 heavy (non-hydrogen) atoms. The van der Waals surface area contributed by atoms with Gasteiger partial charge in [0.05, 0.1) is 0 Å². The van der Waals surface area contributed by atoms with Crippen LogP contribution in [0.4, 0.5) is 13.2 Å². The molecule has 3 rings (SSSR count). The number of rotatable bonds is 2. The normalized spacial score (nSPS) is 16.1. The van der Waals surface area contributed by atoms with Crippen LogP contribution in [0.5, 0.6) is 11.5 Å². The van der Waals surface area contributed by atoms with E-state index in [0.717, 1.165) is 0 Å².